The lowest BCUT2D eigenvalue weighted by molar-refractivity contribution is -0.173. The fourth-order valence-corrected chi connectivity index (χ4v) is 7.37. The Morgan fingerprint density at radius 2 is 1.77 bits per heavy atom. The second kappa shape index (κ2) is 16.9. The summed E-state index contributed by atoms with van der Waals surface area (Å²) in [7, 11) is -4.18. The highest BCUT2D eigenvalue weighted by Crippen LogP contribution is 2.32. The fourth-order valence-electron chi connectivity index (χ4n) is 6.04. The van der Waals surface area contributed by atoms with Gasteiger partial charge in [-0.15, -0.1) is 0 Å². The number of alkyl carbamates (subject to hydrolysis) is 1. The van der Waals surface area contributed by atoms with E-state index in [0.717, 1.165) is 28.0 Å². The number of ether oxygens (including phenoxy) is 2. The zero-order chi connectivity index (χ0) is 40.0. The average molecular weight is 803 g/mol. The number of rotatable bonds is 13. The van der Waals surface area contributed by atoms with Crippen LogP contribution in [0.25, 0.3) is 22.4 Å². The Kier molecular flexibility index (Phi) is 12.1. The van der Waals surface area contributed by atoms with Crippen LogP contribution in [0.1, 0.15) is 47.3 Å². The Hall–Kier alpha value is -5.76. The second-order valence-corrected chi connectivity index (χ2v) is 14.8. The molecule has 14 nitrogen and oxygen atoms in total. The highest BCUT2D eigenvalue weighted by molar-refractivity contribution is 7.90. The van der Waals surface area contributed by atoms with Gasteiger partial charge in [-0.1, -0.05) is 17.7 Å². The number of hydrogen-bond acceptors (Lipinski definition) is 11. The molecule has 56 heavy (non-hydrogen) atoms. The predicted molar refractivity (Wildman–Crippen MR) is 191 cm³/mol. The third-order valence-electron chi connectivity index (χ3n) is 8.70. The lowest BCUT2D eigenvalue weighted by Crippen LogP contribution is -2.42. The van der Waals surface area contributed by atoms with Gasteiger partial charge in [-0.2, -0.15) is 13.2 Å². The number of alkyl halides is 3. The maximum atomic E-state index is 15.2. The Morgan fingerprint density at radius 1 is 1.00 bits per heavy atom. The molecule has 1 fully saturated rings. The van der Waals surface area contributed by atoms with Crippen LogP contribution >= 0.6 is 0 Å². The number of fused-ring (bicyclic) bond motifs is 1. The molecule has 0 aliphatic heterocycles. The van der Waals surface area contributed by atoms with Crippen molar-refractivity contribution in [3.05, 3.63) is 95.7 Å². The van der Waals surface area contributed by atoms with Crippen molar-refractivity contribution in [3.8, 4) is 11.4 Å². The number of anilines is 1. The lowest BCUT2D eigenvalue weighted by Gasteiger charge is -2.30. The van der Waals surface area contributed by atoms with Gasteiger partial charge < -0.3 is 25.4 Å². The maximum Gasteiger partial charge on any atom is 0.411 e. The van der Waals surface area contributed by atoms with E-state index in [1.165, 1.54) is 36.7 Å². The third kappa shape index (κ3) is 9.91. The molecular formula is C36H35F5N8O6S. The summed E-state index contributed by atoms with van der Waals surface area (Å²) in [6, 6.07) is 9.54. The van der Waals surface area contributed by atoms with Gasteiger partial charge in [0.25, 0.3) is 15.9 Å². The maximum absolute atomic E-state index is 15.2. The van der Waals surface area contributed by atoms with Gasteiger partial charge >= 0.3 is 12.3 Å². The van der Waals surface area contributed by atoms with Crippen LogP contribution in [0, 0.1) is 18.6 Å². The third-order valence-corrected chi connectivity index (χ3v) is 10.4. The first-order valence-electron chi connectivity index (χ1n) is 17.3. The highest BCUT2D eigenvalue weighted by Gasteiger charge is 2.29. The molecular weight excluding hydrogens is 768 g/mol. The number of nitrogens with one attached hydrogen (secondary N) is 3. The SMILES string of the molecule is Cc1ccc(S(=O)(=O)n2cc(-c3ncc(F)c(N[C@H]4CCC[C@@H](NC(=O)c5cc(COC(=O)NCCOCC(F)(F)F)ccn5)C4)n3)c3cc(F)cnc32)cc1. The lowest BCUT2D eigenvalue weighted by atomic mass is 9.91. The van der Waals surface area contributed by atoms with Gasteiger partial charge in [-0.3, -0.25) is 9.78 Å². The van der Waals surface area contributed by atoms with Crippen LogP contribution in [0.2, 0.25) is 0 Å². The molecule has 1 aliphatic rings. The van der Waals surface area contributed by atoms with Gasteiger partial charge in [0.1, 0.15) is 24.7 Å². The van der Waals surface area contributed by atoms with Crippen LogP contribution in [-0.2, 0) is 26.1 Å². The Bertz CT molecular complexity index is 2330. The summed E-state index contributed by atoms with van der Waals surface area (Å²) < 4.78 is 104. The van der Waals surface area contributed by atoms with E-state index in [9.17, 15) is 35.6 Å². The number of aryl methyl sites for hydroxylation is 1. The van der Waals surface area contributed by atoms with Gasteiger partial charge in [0.05, 0.1) is 23.9 Å². The monoisotopic (exact) mass is 802 g/mol. The zero-order valence-corrected chi connectivity index (χ0v) is 30.5. The summed E-state index contributed by atoms with van der Waals surface area (Å²) in [5.41, 5.74) is 1.36. The molecule has 4 heterocycles. The molecule has 6 rings (SSSR count). The number of benzene rings is 1. The summed E-state index contributed by atoms with van der Waals surface area (Å²) in [6.07, 6.45) is 1.30. The van der Waals surface area contributed by atoms with E-state index in [4.69, 9.17) is 4.74 Å². The molecule has 3 N–H and O–H groups in total. The van der Waals surface area contributed by atoms with Crippen molar-refractivity contribution in [3.63, 3.8) is 0 Å². The minimum Gasteiger partial charge on any atom is -0.445 e. The molecule has 0 radical (unpaired) electrons. The number of hydrogen-bond donors (Lipinski definition) is 3. The molecule has 0 unspecified atom stereocenters. The van der Waals surface area contributed by atoms with Crippen molar-refractivity contribution in [2.45, 2.75) is 62.4 Å². The van der Waals surface area contributed by atoms with Gasteiger partial charge in [-0.25, -0.2) is 40.9 Å². The van der Waals surface area contributed by atoms with E-state index >= 15 is 4.39 Å². The fraction of sp³-hybridized carbons (Fsp3) is 0.333. The molecule has 4 aromatic heterocycles. The molecule has 20 heteroatoms. The molecule has 1 saturated carbocycles. The number of carbonyl (C=O) groups is 2. The quantitative estimate of drug-likeness (QED) is 0.0987. The predicted octanol–water partition coefficient (Wildman–Crippen LogP) is 5.67. The topological polar surface area (TPSA) is 179 Å². The molecule has 2 amide bonds. The summed E-state index contributed by atoms with van der Waals surface area (Å²) in [5.74, 6) is -2.27. The van der Waals surface area contributed by atoms with Crippen LogP contribution in [0.4, 0.5) is 32.6 Å². The number of nitrogens with zero attached hydrogens (tertiary/aromatic N) is 5. The first kappa shape index (κ1) is 39.9. The molecule has 2 atom stereocenters. The summed E-state index contributed by atoms with van der Waals surface area (Å²) in [6.45, 7) is -0.430. The number of pyridine rings is 2. The molecule has 0 bridgehead atoms. The number of aromatic nitrogens is 5. The van der Waals surface area contributed by atoms with Crippen molar-refractivity contribution in [2.75, 3.05) is 25.1 Å². The number of amides is 2. The van der Waals surface area contributed by atoms with E-state index < -0.39 is 46.4 Å². The van der Waals surface area contributed by atoms with Crippen molar-refractivity contribution < 1.29 is 49.4 Å². The Labute approximate surface area is 316 Å². The van der Waals surface area contributed by atoms with Crippen LogP contribution in [0.3, 0.4) is 0 Å². The minimum absolute atomic E-state index is 0.0201. The van der Waals surface area contributed by atoms with Gasteiger partial charge in [0, 0.05) is 42.0 Å². The van der Waals surface area contributed by atoms with E-state index in [-0.39, 0.29) is 70.7 Å². The van der Waals surface area contributed by atoms with Crippen molar-refractivity contribution in [2.24, 2.45) is 0 Å². The van der Waals surface area contributed by atoms with E-state index in [1.807, 2.05) is 6.92 Å². The number of carbonyl (C=O) groups excluding carboxylic acids is 2. The van der Waals surface area contributed by atoms with Crippen molar-refractivity contribution in [1.29, 1.82) is 0 Å². The van der Waals surface area contributed by atoms with Crippen LogP contribution in [0.15, 0.2) is 72.1 Å². The van der Waals surface area contributed by atoms with Crippen molar-refractivity contribution >= 4 is 38.9 Å². The summed E-state index contributed by atoms with van der Waals surface area (Å²) in [5, 5.41) is 8.36. The zero-order valence-electron chi connectivity index (χ0n) is 29.6. The summed E-state index contributed by atoms with van der Waals surface area (Å²) >= 11 is 0. The minimum atomic E-state index is -4.47. The molecule has 296 valence electrons. The first-order valence-corrected chi connectivity index (χ1v) is 18.7. The van der Waals surface area contributed by atoms with E-state index in [0.29, 0.717) is 31.2 Å². The van der Waals surface area contributed by atoms with Gasteiger partial charge in [0.15, 0.2) is 23.1 Å². The van der Waals surface area contributed by atoms with E-state index in [1.54, 1.807) is 12.1 Å². The van der Waals surface area contributed by atoms with Crippen LogP contribution in [-0.4, -0.2) is 82.3 Å². The highest BCUT2D eigenvalue weighted by atomic mass is 32.2. The average Bonchev–Trinajstić information content (AvgIpc) is 3.54. The molecule has 0 spiro atoms. The first-order chi connectivity index (χ1) is 26.7. The largest absolute Gasteiger partial charge is 0.445 e. The smallest absolute Gasteiger partial charge is 0.411 e. The standard InChI is InChI=1S/C36H35F5N8O6S/c1-21-5-7-26(8-6-21)56(52,53)49-18-28(27-14-23(37)16-45-33(27)49)31-44-17-29(38)32(48-31)46-24-3-2-4-25(15-24)47-34(50)30-13-22(9-10-42-30)19-55-35(51)43-11-12-54-20-36(39,40)41/h5-10,13-14,16-18,24-25H,2-4,11-12,15,19-20H2,1H3,(H,43,51)(H,47,50)(H,44,46,48)/t24-,25+/m0/s1. The van der Waals surface area contributed by atoms with Gasteiger partial charge in [-0.05, 0) is 68.5 Å². The molecule has 1 aromatic carbocycles. The molecule has 5 aromatic rings. The Morgan fingerprint density at radius 3 is 2.54 bits per heavy atom. The summed E-state index contributed by atoms with van der Waals surface area (Å²) in [4.78, 5) is 41.6. The number of halogens is 5. The molecule has 0 saturated heterocycles. The normalized spacial score (nSPS) is 16.0. The second-order valence-electron chi connectivity index (χ2n) is 13.0. The van der Waals surface area contributed by atoms with Crippen molar-refractivity contribution in [1.82, 2.24) is 34.5 Å². The molecule has 1 aliphatic carbocycles. The van der Waals surface area contributed by atoms with Crippen LogP contribution < -0.4 is 16.0 Å². The Balaban J connectivity index is 1.09. The van der Waals surface area contributed by atoms with E-state index in [2.05, 4.69) is 40.6 Å². The van der Waals surface area contributed by atoms with Crippen LogP contribution in [0.5, 0.6) is 0 Å². The van der Waals surface area contributed by atoms with Gasteiger partial charge in [0.2, 0.25) is 0 Å².